The zero-order valence-corrected chi connectivity index (χ0v) is 13.9. The predicted molar refractivity (Wildman–Crippen MR) is 83.1 cm³/mol. The third-order valence-corrected chi connectivity index (χ3v) is 4.75. The molecule has 0 aromatic carbocycles. The van der Waals surface area contributed by atoms with E-state index < -0.39 is 5.97 Å². The standard InChI is InChI=1S/C16H30N2O3/c1-10-7-6-8-12(11(10)2)17-15(21)18-13(9-14(19)20)16(3,4)5/h10-13H,6-9H2,1-5H3,(H,19,20)(H2,17,18,21). The van der Waals surface area contributed by atoms with E-state index in [4.69, 9.17) is 5.11 Å². The van der Waals surface area contributed by atoms with E-state index in [1.807, 2.05) is 20.8 Å². The van der Waals surface area contributed by atoms with Gasteiger partial charge in [0.2, 0.25) is 0 Å². The van der Waals surface area contributed by atoms with Gasteiger partial charge in [-0.15, -0.1) is 0 Å². The maximum Gasteiger partial charge on any atom is 0.315 e. The first-order chi connectivity index (χ1) is 9.61. The largest absolute Gasteiger partial charge is 0.481 e. The molecule has 5 heteroatoms. The number of carboxylic acids is 1. The second kappa shape index (κ2) is 7.14. The fourth-order valence-corrected chi connectivity index (χ4v) is 2.90. The Morgan fingerprint density at radius 2 is 1.86 bits per heavy atom. The van der Waals surface area contributed by atoms with Gasteiger partial charge in [-0.3, -0.25) is 4.79 Å². The highest BCUT2D eigenvalue weighted by Gasteiger charge is 2.31. The third-order valence-electron chi connectivity index (χ3n) is 4.75. The van der Waals surface area contributed by atoms with Crippen LogP contribution in [0.15, 0.2) is 0 Å². The number of carbonyl (C=O) groups is 2. The number of urea groups is 1. The van der Waals surface area contributed by atoms with Crippen molar-refractivity contribution in [3.05, 3.63) is 0 Å². The minimum absolute atomic E-state index is 0.0620. The summed E-state index contributed by atoms with van der Waals surface area (Å²) in [4.78, 5) is 23.1. The van der Waals surface area contributed by atoms with Crippen LogP contribution in [-0.2, 0) is 4.79 Å². The zero-order valence-electron chi connectivity index (χ0n) is 13.9. The van der Waals surface area contributed by atoms with Crippen LogP contribution >= 0.6 is 0 Å². The first-order valence-corrected chi connectivity index (χ1v) is 7.90. The first-order valence-electron chi connectivity index (χ1n) is 7.90. The Hall–Kier alpha value is -1.26. The van der Waals surface area contributed by atoms with Crippen LogP contribution < -0.4 is 10.6 Å². The lowest BCUT2D eigenvalue weighted by Crippen LogP contribution is -2.53. The van der Waals surface area contributed by atoms with Crippen LogP contribution in [0.4, 0.5) is 4.79 Å². The van der Waals surface area contributed by atoms with Crippen molar-refractivity contribution in [3.8, 4) is 0 Å². The lowest BCUT2D eigenvalue weighted by Gasteiger charge is -2.36. The maximum atomic E-state index is 12.2. The van der Waals surface area contributed by atoms with Gasteiger partial charge < -0.3 is 15.7 Å². The molecule has 0 bridgehead atoms. The van der Waals surface area contributed by atoms with E-state index in [1.54, 1.807) is 0 Å². The number of rotatable bonds is 4. The Balaban J connectivity index is 2.59. The number of aliphatic carboxylic acids is 1. The molecular weight excluding hydrogens is 268 g/mol. The van der Waals surface area contributed by atoms with E-state index >= 15 is 0 Å². The van der Waals surface area contributed by atoms with Crippen LogP contribution in [0.3, 0.4) is 0 Å². The van der Waals surface area contributed by atoms with Crippen LogP contribution in [0.1, 0.15) is 60.3 Å². The van der Waals surface area contributed by atoms with Crippen LogP contribution in [-0.4, -0.2) is 29.2 Å². The van der Waals surface area contributed by atoms with Crippen molar-refractivity contribution in [2.24, 2.45) is 17.3 Å². The quantitative estimate of drug-likeness (QED) is 0.746. The Labute approximate surface area is 127 Å². The molecule has 1 saturated carbocycles. The topological polar surface area (TPSA) is 78.4 Å². The van der Waals surface area contributed by atoms with Crippen LogP contribution in [0.5, 0.6) is 0 Å². The van der Waals surface area contributed by atoms with E-state index in [9.17, 15) is 9.59 Å². The Morgan fingerprint density at radius 1 is 1.24 bits per heavy atom. The Morgan fingerprint density at radius 3 is 2.38 bits per heavy atom. The van der Waals surface area contributed by atoms with Gasteiger partial charge in [0, 0.05) is 12.1 Å². The fraction of sp³-hybridized carbons (Fsp3) is 0.875. The molecule has 0 aromatic heterocycles. The SMILES string of the molecule is CC1CCCC(NC(=O)NC(CC(=O)O)C(C)(C)C)C1C. The van der Waals surface area contributed by atoms with E-state index in [0.29, 0.717) is 11.8 Å². The number of hydrogen-bond acceptors (Lipinski definition) is 2. The summed E-state index contributed by atoms with van der Waals surface area (Å²) in [6, 6.07) is -0.451. The number of carboxylic acid groups (broad SMARTS) is 1. The minimum atomic E-state index is -0.894. The normalized spacial score (nSPS) is 27.8. The summed E-state index contributed by atoms with van der Waals surface area (Å²) in [5.41, 5.74) is -0.290. The van der Waals surface area contributed by atoms with Gasteiger partial charge in [0.05, 0.1) is 6.42 Å². The van der Waals surface area contributed by atoms with Crippen molar-refractivity contribution in [2.75, 3.05) is 0 Å². The summed E-state index contributed by atoms with van der Waals surface area (Å²) in [6.45, 7) is 10.2. The highest BCUT2D eigenvalue weighted by Crippen LogP contribution is 2.29. The molecule has 5 nitrogen and oxygen atoms in total. The molecule has 1 fully saturated rings. The van der Waals surface area contributed by atoms with Gasteiger partial charge >= 0.3 is 12.0 Å². The lowest BCUT2D eigenvalue weighted by molar-refractivity contribution is -0.138. The van der Waals surface area contributed by atoms with Gasteiger partial charge in [-0.05, 0) is 23.7 Å². The highest BCUT2D eigenvalue weighted by atomic mass is 16.4. The molecule has 0 heterocycles. The molecule has 0 spiro atoms. The molecule has 3 N–H and O–H groups in total. The monoisotopic (exact) mass is 298 g/mol. The minimum Gasteiger partial charge on any atom is -0.481 e. The molecule has 0 radical (unpaired) electrons. The molecule has 0 aromatic rings. The van der Waals surface area contributed by atoms with Gasteiger partial charge in [-0.2, -0.15) is 0 Å². The number of carbonyl (C=O) groups excluding carboxylic acids is 1. The fourth-order valence-electron chi connectivity index (χ4n) is 2.90. The second-order valence-electron chi connectivity index (χ2n) is 7.51. The number of nitrogens with one attached hydrogen (secondary N) is 2. The lowest BCUT2D eigenvalue weighted by atomic mass is 9.78. The molecule has 0 saturated heterocycles. The maximum absolute atomic E-state index is 12.2. The molecule has 2 amide bonds. The molecule has 4 atom stereocenters. The average molecular weight is 298 g/mol. The van der Waals surface area contributed by atoms with E-state index in [1.165, 1.54) is 6.42 Å². The van der Waals surface area contributed by atoms with Gasteiger partial charge in [0.25, 0.3) is 0 Å². The molecule has 21 heavy (non-hydrogen) atoms. The van der Waals surface area contributed by atoms with Crippen molar-refractivity contribution in [3.63, 3.8) is 0 Å². The summed E-state index contributed by atoms with van der Waals surface area (Å²) in [6.07, 6.45) is 3.28. The van der Waals surface area contributed by atoms with Crippen molar-refractivity contribution >= 4 is 12.0 Å². The predicted octanol–water partition coefficient (Wildman–Crippen LogP) is 3.00. The van der Waals surface area contributed by atoms with Crippen molar-refractivity contribution in [1.82, 2.24) is 10.6 Å². The molecule has 1 rings (SSSR count). The Kier molecular flexibility index (Phi) is 6.05. The average Bonchev–Trinajstić information content (AvgIpc) is 2.32. The van der Waals surface area contributed by atoms with E-state index in [2.05, 4.69) is 24.5 Å². The molecule has 4 unspecified atom stereocenters. The van der Waals surface area contributed by atoms with Crippen molar-refractivity contribution in [2.45, 2.75) is 72.4 Å². The van der Waals surface area contributed by atoms with Crippen molar-refractivity contribution in [1.29, 1.82) is 0 Å². The number of hydrogen-bond donors (Lipinski definition) is 3. The van der Waals surface area contributed by atoms with Gasteiger partial charge in [-0.1, -0.05) is 47.5 Å². The summed E-state index contributed by atoms with van der Waals surface area (Å²) in [7, 11) is 0. The zero-order chi connectivity index (χ0) is 16.2. The first kappa shape index (κ1) is 17.8. The van der Waals surface area contributed by atoms with Crippen LogP contribution in [0.25, 0.3) is 0 Å². The molecule has 0 aliphatic heterocycles. The summed E-state index contributed by atoms with van der Waals surface area (Å²) < 4.78 is 0. The van der Waals surface area contributed by atoms with Crippen LogP contribution in [0, 0.1) is 17.3 Å². The highest BCUT2D eigenvalue weighted by molar-refractivity contribution is 5.76. The van der Waals surface area contributed by atoms with Gasteiger partial charge in [0.15, 0.2) is 0 Å². The van der Waals surface area contributed by atoms with E-state index in [0.717, 1.165) is 12.8 Å². The molecule has 1 aliphatic rings. The van der Waals surface area contributed by atoms with Gasteiger partial charge in [-0.25, -0.2) is 4.79 Å². The molecular formula is C16H30N2O3. The smallest absolute Gasteiger partial charge is 0.315 e. The summed E-state index contributed by atoms with van der Waals surface area (Å²) >= 11 is 0. The van der Waals surface area contributed by atoms with Crippen LogP contribution in [0.2, 0.25) is 0 Å². The van der Waals surface area contributed by atoms with Gasteiger partial charge in [0.1, 0.15) is 0 Å². The number of amides is 2. The Bertz CT molecular complexity index is 376. The second-order valence-corrected chi connectivity index (χ2v) is 7.51. The summed E-state index contributed by atoms with van der Waals surface area (Å²) in [5.74, 6) is 0.174. The summed E-state index contributed by atoms with van der Waals surface area (Å²) in [5, 5.41) is 14.9. The third kappa shape index (κ3) is 5.56. The molecule has 1 aliphatic carbocycles. The van der Waals surface area contributed by atoms with Crippen molar-refractivity contribution < 1.29 is 14.7 Å². The van der Waals surface area contributed by atoms with E-state index in [-0.39, 0.29) is 30.0 Å². The molecule has 122 valence electrons.